The molecule has 0 spiro atoms. The molecule has 0 saturated heterocycles. The summed E-state index contributed by atoms with van der Waals surface area (Å²) < 4.78 is 7.46. The van der Waals surface area contributed by atoms with Gasteiger partial charge in [0.1, 0.15) is 0 Å². The molecule has 0 aliphatic heterocycles. The van der Waals surface area contributed by atoms with Gasteiger partial charge in [-0.2, -0.15) is 0 Å². The van der Waals surface area contributed by atoms with Gasteiger partial charge in [-0.3, -0.25) is 0 Å². The van der Waals surface area contributed by atoms with Crippen molar-refractivity contribution in [2.75, 3.05) is 4.90 Å². The average Bonchev–Trinajstić information content (AvgIpc) is 3.92. The van der Waals surface area contributed by atoms with Gasteiger partial charge >= 0.3 is 0 Å². The first-order valence-electron chi connectivity index (χ1n) is 19.1. The number of nitrogens with zero attached hydrogens (tertiary/aromatic N) is 3. The second-order valence-electron chi connectivity index (χ2n) is 14.5. The van der Waals surface area contributed by atoms with Crippen LogP contribution < -0.4 is 4.90 Å². The number of hydrogen-bond acceptors (Lipinski definition) is 2. The van der Waals surface area contributed by atoms with Gasteiger partial charge in [-0.15, -0.1) is 11.3 Å². The monoisotopic (exact) mass is 731 g/mol. The minimum atomic E-state index is 1.11. The van der Waals surface area contributed by atoms with Crippen LogP contribution in [0.15, 0.2) is 200 Å². The number of para-hydroxylation sites is 3. The predicted molar refractivity (Wildman–Crippen MR) is 240 cm³/mol. The number of anilines is 3. The molecule has 0 atom stereocenters. The fourth-order valence-electron chi connectivity index (χ4n) is 9.05. The van der Waals surface area contributed by atoms with Gasteiger partial charge in [0, 0.05) is 69.9 Å². The van der Waals surface area contributed by atoms with Gasteiger partial charge in [-0.1, -0.05) is 115 Å². The first-order valence-corrected chi connectivity index (χ1v) is 19.9. The van der Waals surface area contributed by atoms with Crippen molar-refractivity contribution in [3.8, 4) is 11.4 Å². The number of thiophene rings is 1. The van der Waals surface area contributed by atoms with Gasteiger partial charge in [0.25, 0.3) is 0 Å². The molecule has 4 heteroatoms. The molecule has 3 aromatic heterocycles. The summed E-state index contributed by atoms with van der Waals surface area (Å²) >= 11 is 1.90. The standard InChI is InChI=1S/C52H33N3S/c1-3-16-35(17-4-1)54-46-23-11-9-21-40(46)43-32-37(26-29-47(43)54)53(45-24-13-15-34-14-7-8-20-39(34)45)38-27-30-48-44(33-38)51-49(55(48)36-18-5-2-6-19-36)31-28-42-41-22-10-12-25-50(41)56-52(42)51/h1-33H. The lowest BCUT2D eigenvalue weighted by Gasteiger charge is -2.27. The quantitative estimate of drug-likeness (QED) is 0.172. The van der Waals surface area contributed by atoms with Gasteiger partial charge in [0.05, 0.1) is 27.8 Å². The summed E-state index contributed by atoms with van der Waals surface area (Å²) in [6.45, 7) is 0. The second kappa shape index (κ2) is 12.2. The minimum Gasteiger partial charge on any atom is -0.310 e. The van der Waals surface area contributed by atoms with E-state index in [9.17, 15) is 0 Å². The van der Waals surface area contributed by atoms with E-state index in [4.69, 9.17) is 0 Å². The third kappa shape index (κ3) is 4.57. The maximum Gasteiger partial charge on any atom is 0.0555 e. The Morgan fingerprint density at radius 1 is 0.357 bits per heavy atom. The smallest absolute Gasteiger partial charge is 0.0555 e. The maximum absolute atomic E-state index is 2.46. The Morgan fingerprint density at radius 2 is 0.911 bits per heavy atom. The van der Waals surface area contributed by atoms with Crippen molar-refractivity contribution < 1.29 is 0 Å². The predicted octanol–water partition coefficient (Wildman–Crippen LogP) is 14.9. The largest absolute Gasteiger partial charge is 0.310 e. The summed E-state index contributed by atoms with van der Waals surface area (Å²) in [5, 5.41) is 10.0. The molecule has 262 valence electrons. The Bertz CT molecular complexity index is 3480. The van der Waals surface area contributed by atoms with E-state index in [2.05, 4.69) is 214 Å². The Balaban J connectivity index is 1.17. The lowest BCUT2D eigenvalue weighted by atomic mass is 10.0. The SMILES string of the molecule is c1ccc(-n2c3ccccc3c3cc(N(c4ccc5c(c4)c4c6sc7ccccc7c6ccc4n5-c4ccccc4)c4cccc5ccccc45)ccc32)cc1. The third-order valence-corrected chi connectivity index (χ3v) is 12.7. The molecule has 0 saturated carbocycles. The molecule has 0 amide bonds. The molecule has 12 aromatic rings. The van der Waals surface area contributed by atoms with Crippen LogP contribution in [0.4, 0.5) is 17.1 Å². The number of aromatic nitrogens is 2. The van der Waals surface area contributed by atoms with E-state index in [-0.39, 0.29) is 0 Å². The first-order chi connectivity index (χ1) is 27.8. The van der Waals surface area contributed by atoms with Crippen molar-refractivity contribution in [3.05, 3.63) is 200 Å². The first kappa shape index (κ1) is 31.2. The summed E-state index contributed by atoms with van der Waals surface area (Å²) in [7, 11) is 0. The molecule has 12 rings (SSSR count). The van der Waals surface area contributed by atoms with E-state index in [0.29, 0.717) is 0 Å². The molecule has 0 N–H and O–H groups in total. The van der Waals surface area contributed by atoms with E-state index < -0.39 is 0 Å². The van der Waals surface area contributed by atoms with Gasteiger partial charge in [-0.25, -0.2) is 0 Å². The summed E-state index contributed by atoms with van der Waals surface area (Å²) in [5.41, 5.74) is 10.5. The molecule has 3 nitrogen and oxygen atoms in total. The van der Waals surface area contributed by atoms with Crippen LogP contribution in [-0.2, 0) is 0 Å². The summed E-state index contributed by atoms with van der Waals surface area (Å²) in [6.07, 6.45) is 0. The summed E-state index contributed by atoms with van der Waals surface area (Å²) in [4.78, 5) is 2.46. The average molecular weight is 732 g/mol. The van der Waals surface area contributed by atoms with E-state index in [1.807, 2.05) is 11.3 Å². The highest BCUT2D eigenvalue weighted by atomic mass is 32.1. The van der Waals surface area contributed by atoms with Crippen LogP contribution in [0.2, 0.25) is 0 Å². The highest BCUT2D eigenvalue weighted by Crippen LogP contribution is 2.47. The van der Waals surface area contributed by atoms with Crippen LogP contribution in [0, 0.1) is 0 Å². The maximum atomic E-state index is 2.46. The van der Waals surface area contributed by atoms with Crippen molar-refractivity contribution in [3.63, 3.8) is 0 Å². The van der Waals surface area contributed by atoms with E-state index >= 15 is 0 Å². The van der Waals surface area contributed by atoms with Crippen LogP contribution >= 0.6 is 11.3 Å². The van der Waals surface area contributed by atoms with Crippen molar-refractivity contribution in [1.82, 2.24) is 9.13 Å². The van der Waals surface area contributed by atoms with Crippen molar-refractivity contribution >= 4 is 103 Å². The topological polar surface area (TPSA) is 13.1 Å². The molecular formula is C52H33N3S. The molecule has 0 aliphatic rings. The zero-order valence-electron chi connectivity index (χ0n) is 30.3. The molecule has 9 aromatic carbocycles. The number of hydrogen-bond donors (Lipinski definition) is 0. The van der Waals surface area contributed by atoms with Crippen LogP contribution in [-0.4, -0.2) is 9.13 Å². The Labute approximate surface area is 327 Å². The summed E-state index contributed by atoms with van der Waals surface area (Å²) in [6, 6.07) is 73.2. The fourth-order valence-corrected chi connectivity index (χ4v) is 10.3. The van der Waals surface area contributed by atoms with Gasteiger partial charge in [0.2, 0.25) is 0 Å². The van der Waals surface area contributed by atoms with E-state index in [1.54, 1.807) is 0 Å². The van der Waals surface area contributed by atoms with Crippen molar-refractivity contribution in [2.45, 2.75) is 0 Å². The zero-order valence-corrected chi connectivity index (χ0v) is 31.1. The number of fused-ring (bicyclic) bond motifs is 11. The molecule has 56 heavy (non-hydrogen) atoms. The molecule has 0 fully saturated rings. The van der Waals surface area contributed by atoms with Gasteiger partial charge < -0.3 is 14.0 Å². The van der Waals surface area contributed by atoms with Gasteiger partial charge in [-0.05, 0) is 90.3 Å². The molecular weight excluding hydrogens is 699 g/mol. The highest BCUT2D eigenvalue weighted by Gasteiger charge is 2.22. The molecule has 0 aliphatic carbocycles. The Hall–Kier alpha value is -7.14. The molecule has 3 heterocycles. The van der Waals surface area contributed by atoms with Crippen LogP contribution in [0.3, 0.4) is 0 Å². The van der Waals surface area contributed by atoms with Crippen molar-refractivity contribution in [1.29, 1.82) is 0 Å². The molecule has 0 unspecified atom stereocenters. The van der Waals surface area contributed by atoms with E-state index in [0.717, 1.165) is 28.4 Å². The normalized spacial score (nSPS) is 11.9. The minimum absolute atomic E-state index is 1.11. The van der Waals surface area contributed by atoms with Crippen molar-refractivity contribution in [2.24, 2.45) is 0 Å². The fraction of sp³-hybridized carbons (Fsp3) is 0. The molecule has 0 radical (unpaired) electrons. The lowest BCUT2D eigenvalue weighted by molar-refractivity contribution is 1.18. The van der Waals surface area contributed by atoms with Crippen LogP contribution in [0.1, 0.15) is 0 Å². The second-order valence-corrected chi connectivity index (χ2v) is 15.6. The van der Waals surface area contributed by atoms with Crippen LogP contribution in [0.5, 0.6) is 0 Å². The Kier molecular flexibility index (Phi) is 6.80. The highest BCUT2D eigenvalue weighted by molar-refractivity contribution is 7.26. The zero-order chi connectivity index (χ0) is 36.7. The number of benzene rings is 9. The summed E-state index contributed by atoms with van der Waals surface area (Å²) in [5.74, 6) is 0. The van der Waals surface area contributed by atoms with Crippen LogP contribution in [0.25, 0.3) is 85.9 Å². The lowest BCUT2D eigenvalue weighted by Crippen LogP contribution is -2.10. The third-order valence-electron chi connectivity index (χ3n) is 11.5. The van der Waals surface area contributed by atoms with E-state index in [1.165, 1.54) is 74.6 Å². The van der Waals surface area contributed by atoms with Gasteiger partial charge in [0.15, 0.2) is 0 Å². The Morgan fingerprint density at radius 3 is 1.68 bits per heavy atom. The number of rotatable bonds is 5. The molecule has 0 bridgehead atoms.